The number of nitrogens with zero attached hydrogens (tertiary/aromatic N) is 1. The van der Waals surface area contributed by atoms with E-state index < -0.39 is 10.1 Å². The Morgan fingerprint density at radius 1 is 1.22 bits per heavy atom. The summed E-state index contributed by atoms with van der Waals surface area (Å²) in [7, 11) is -0.733. The van der Waals surface area contributed by atoms with Crippen LogP contribution in [-0.4, -0.2) is 17.4 Å². The quantitative estimate of drug-likeness (QED) is 0.736. The summed E-state index contributed by atoms with van der Waals surface area (Å²) in [6.07, 6.45) is 2.07. The minimum absolute atomic E-state index is 0.261. The fraction of sp³-hybridized carbons (Fsp3) is 0.368. The molecule has 1 heterocycles. The van der Waals surface area contributed by atoms with Gasteiger partial charge in [0.1, 0.15) is 22.1 Å². The van der Waals surface area contributed by atoms with Gasteiger partial charge in [-0.25, -0.2) is 0 Å². The van der Waals surface area contributed by atoms with E-state index in [4.69, 9.17) is 4.74 Å². The zero-order valence-electron chi connectivity index (χ0n) is 13.9. The number of fused-ring (bicyclic) bond motifs is 1. The maximum Gasteiger partial charge on any atom is 0.136 e. The maximum absolute atomic E-state index is 13.5. The minimum Gasteiger partial charge on any atom is -0.626 e. The van der Waals surface area contributed by atoms with Crippen LogP contribution in [0.25, 0.3) is 0 Å². The molecule has 0 aliphatic carbocycles. The molecule has 0 fully saturated rings. The van der Waals surface area contributed by atoms with Gasteiger partial charge in [0, 0.05) is 5.92 Å². The topological polar surface area (TPSA) is 44.7 Å². The molecule has 2 aromatic carbocycles. The molecular weight excluding hydrogens is 306 g/mol. The van der Waals surface area contributed by atoms with Gasteiger partial charge in [0.05, 0.1) is 7.11 Å². The van der Waals surface area contributed by atoms with Crippen molar-refractivity contribution in [2.75, 3.05) is 12.9 Å². The fourth-order valence-electron chi connectivity index (χ4n) is 3.12. The van der Waals surface area contributed by atoms with Gasteiger partial charge in [-0.3, -0.25) is 0 Å². The molecule has 2 atom stereocenters. The first-order valence-electron chi connectivity index (χ1n) is 8.05. The monoisotopic (exact) mass is 329 g/mol. The zero-order chi connectivity index (χ0) is 16.4. The van der Waals surface area contributed by atoms with Crippen molar-refractivity contribution < 1.29 is 9.29 Å². The van der Waals surface area contributed by atoms with E-state index in [2.05, 4.69) is 11.3 Å². The highest BCUT2D eigenvalue weighted by Gasteiger charge is 2.31. The van der Waals surface area contributed by atoms with Crippen molar-refractivity contribution in [3.8, 4) is 5.75 Å². The van der Waals surface area contributed by atoms with E-state index >= 15 is 0 Å². The Balaban J connectivity index is 2.11. The molecule has 1 aliphatic heterocycles. The molecule has 0 saturated heterocycles. The van der Waals surface area contributed by atoms with Gasteiger partial charge in [-0.05, 0) is 59.3 Å². The zero-order valence-corrected chi connectivity index (χ0v) is 14.7. The van der Waals surface area contributed by atoms with Gasteiger partial charge < -0.3 is 9.29 Å². The predicted octanol–water partition coefficient (Wildman–Crippen LogP) is 5.06. The summed E-state index contributed by atoms with van der Waals surface area (Å²) in [5, 5.41) is 0. The van der Waals surface area contributed by atoms with Gasteiger partial charge >= 0.3 is 0 Å². The highest BCUT2D eigenvalue weighted by atomic mass is 32.3. The molecule has 0 bridgehead atoms. The van der Waals surface area contributed by atoms with Crippen molar-refractivity contribution in [3.05, 3.63) is 53.6 Å². The van der Waals surface area contributed by atoms with E-state index in [0.717, 1.165) is 34.7 Å². The van der Waals surface area contributed by atoms with Crippen molar-refractivity contribution in [1.29, 1.82) is 0 Å². The third-order valence-corrected chi connectivity index (χ3v) is 6.73. The minimum atomic E-state index is -2.41. The number of rotatable bonds is 4. The number of aryl methyl sites for hydroxylation is 1. The van der Waals surface area contributed by atoms with Gasteiger partial charge in [0.2, 0.25) is 0 Å². The van der Waals surface area contributed by atoms with Crippen LogP contribution in [0.2, 0.25) is 0 Å². The molecule has 0 N–H and O–H groups in total. The summed E-state index contributed by atoms with van der Waals surface area (Å²) in [6.45, 7) is 4.20. The van der Waals surface area contributed by atoms with Crippen molar-refractivity contribution >= 4 is 15.8 Å². The van der Waals surface area contributed by atoms with Gasteiger partial charge in [-0.1, -0.05) is 31.0 Å². The molecular formula is C19H23NO2S. The van der Waals surface area contributed by atoms with E-state index in [0.29, 0.717) is 5.75 Å². The van der Waals surface area contributed by atoms with E-state index in [1.54, 1.807) is 7.11 Å². The van der Waals surface area contributed by atoms with E-state index in [1.807, 2.05) is 49.4 Å². The molecule has 3 rings (SSSR count). The summed E-state index contributed by atoms with van der Waals surface area (Å²) in [4.78, 5) is 0.839. The van der Waals surface area contributed by atoms with Crippen LogP contribution in [0.5, 0.6) is 5.75 Å². The molecule has 4 heteroatoms. The second kappa shape index (κ2) is 6.46. The van der Waals surface area contributed by atoms with E-state index in [9.17, 15) is 4.55 Å². The molecule has 0 amide bonds. The van der Waals surface area contributed by atoms with Crippen molar-refractivity contribution in [3.63, 3.8) is 0 Å². The highest BCUT2D eigenvalue weighted by molar-refractivity contribution is 8.00. The Kier molecular flexibility index (Phi) is 4.55. The predicted molar refractivity (Wildman–Crippen MR) is 95.2 cm³/mol. The van der Waals surface area contributed by atoms with Crippen LogP contribution < -0.4 is 4.74 Å². The normalized spacial score (nSPS) is 23.0. The molecule has 3 nitrogen and oxygen atoms in total. The van der Waals surface area contributed by atoms with Gasteiger partial charge in [0.15, 0.2) is 0 Å². The summed E-state index contributed by atoms with van der Waals surface area (Å²) in [5.74, 6) is 1.68. The van der Waals surface area contributed by atoms with Gasteiger partial charge in [-0.2, -0.15) is 0 Å². The van der Waals surface area contributed by atoms with Crippen LogP contribution in [0.4, 0.5) is 5.69 Å². The van der Waals surface area contributed by atoms with Gasteiger partial charge in [0.25, 0.3) is 0 Å². The molecule has 0 aromatic heterocycles. The van der Waals surface area contributed by atoms with Crippen molar-refractivity contribution in [2.45, 2.75) is 37.5 Å². The van der Waals surface area contributed by atoms with Crippen molar-refractivity contribution in [2.24, 2.45) is 4.36 Å². The molecule has 122 valence electrons. The number of methoxy groups -OCH3 is 1. The lowest BCUT2D eigenvalue weighted by atomic mass is 9.94. The Bertz CT molecular complexity index is 752. The first-order chi connectivity index (χ1) is 11.1. The molecule has 1 aliphatic rings. The van der Waals surface area contributed by atoms with Gasteiger partial charge in [-0.15, -0.1) is 4.36 Å². The molecule has 23 heavy (non-hydrogen) atoms. The Labute approximate surface area is 139 Å². The molecule has 1 unspecified atom stereocenters. The average molecular weight is 329 g/mol. The molecule has 0 radical (unpaired) electrons. The first-order valence-corrected chi connectivity index (χ1v) is 9.73. The third kappa shape index (κ3) is 3.19. The summed E-state index contributed by atoms with van der Waals surface area (Å²) in [6, 6.07) is 13.8. The SMILES string of the molecule is CCC[C@H]1C[S+]([O-])(c2ccc(C)cc2)=Nc2ccc(OC)cc21. The van der Waals surface area contributed by atoms with E-state index in [1.165, 1.54) is 5.56 Å². The number of hydrogen-bond acceptors (Lipinski definition) is 3. The second-order valence-corrected chi connectivity index (χ2v) is 8.39. The maximum atomic E-state index is 13.5. The largest absolute Gasteiger partial charge is 0.626 e. The summed E-state index contributed by atoms with van der Waals surface area (Å²) < 4.78 is 23.5. The highest BCUT2D eigenvalue weighted by Crippen LogP contribution is 2.43. The standard InChI is InChI=1S/C19H23NO2S/c1-4-5-15-13-23(21,17-9-6-14(2)7-10-17)20-19-11-8-16(22-3)12-18(15)19/h6-12,15H,4-5,13H2,1-3H3/t15-,23?/m0/s1. The third-order valence-electron chi connectivity index (χ3n) is 4.37. The molecule has 0 saturated carbocycles. The molecule has 0 spiro atoms. The number of hydrogen-bond donors (Lipinski definition) is 0. The number of benzene rings is 2. The Hall–Kier alpha value is -1.65. The fourth-order valence-corrected chi connectivity index (χ4v) is 5.42. The lowest BCUT2D eigenvalue weighted by Gasteiger charge is -2.32. The van der Waals surface area contributed by atoms with Crippen LogP contribution in [0.1, 0.15) is 36.8 Å². The van der Waals surface area contributed by atoms with Crippen LogP contribution in [0.3, 0.4) is 0 Å². The molecule has 2 aromatic rings. The summed E-state index contributed by atoms with van der Waals surface area (Å²) in [5.41, 5.74) is 3.18. The van der Waals surface area contributed by atoms with Crippen LogP contribution in [-0.2, 0) is 10.1 Å². The van der Waals surface area contributed by atoms with Crippen LogP contribution in [0, 0.1) is 6.92 Å². The van der Waals surface area contributed by atoms with Crippen LogP contribution in [0.15, 0.2) is 51.7 Å². The lowest BCUT2D eigenvalue weighted by Crippen LogP contribution is -2.25. The smallest absolute Gasteiger partial charge is 0.136 e. The lowest BCUT2D eigenvalue weighted by molar-refractivity contribution is 0.413. The number of ether oxygens (including phenoxy) is 1. The summed E-state index contributed by atoms with van der Waals surface area (Å²) >= 11 is 0. The van der Waals surface area contributed by atoms with Crippen LogP contribution >= 0.6 is 0 Å². The van der Waals surface area contributed by atoms with E-state index in [-0.39, 0.29) is 5.92 Å². The van der Waals surface area contributed by atoms with Crippen molar-refractivity contribution in [1.82, 2.24) is 0 Å². The average Bonchev–Trinajstić information content (AvgIpc) is 2.55. The Morgan fingerprint density at radius 3 is 2.61 bits per heavy atom. The first kappa shape index (κ1) is 16.2. The Morgan fingerprint density at radius 2 is 1.96 bits per heavy atom. The second-order valence-electron chi connectivity index (χ2n) is 6.12.